The van der Waals surface area contributed by atoms with Crippen LogP contribution in [0.1, 0.15) is 36.1 Å². The van der Waals surface area contributed by atoms with Crippen LogP contribution in [0.3, 0.4) is 0 Å². The van der Waals surface area contributed by atoms with Gasteiger partial charge in [0.1, 0.15) is 0 Å². The molecular formula is C16H26N2O. The molecule has 0 saturated carbocycles. The van der Waals surface area contributed by atoms with Crippen molar-refractivity contribution in [3.05, 3.63) is 34.4 Å². The average Bonchev–Trinajstić information content (AvgIpc) is 2.30. The third kappa shape index (κ3) is 4.35. The summed E-state index contributed by atoms with van der Waals surface area (Å²) in [5.41, 5.74) is 11.0. The van der Waals surface area contributed by atoms with E-state index in [0.717, 1.165) is 6.42 Å². The third-order valence-electron chi connectivity index (χ3n) is 3.54. The molecule has 0 saturated heterocycles. The minimum absolute atomic E-state index is 0.0579. The Bertz CT molecular complexity index is 429. The maximum Gasteiger partial charge on any atom is 0.237 e. The van der Waals surface area contributed by atoms with Gasteiger partial charge in [0.25, 0.3) is 0 Å². The normalized spacial score (nSPS) is 12.6. The highest BCUT2D eigenvalue weighted by Crippen LogP contribution is 2.16. The summed E-state index contributed by atoms with van der Waals surface area (Å²) >= 11 is 0. The Morgan fingerprint density at radius 2 is 1.74 bits per heavy atom. The zero-order chi connectivity index (χ0) is 14.6. The molecule has 0 fully saturated rings. The highest BCUT2D eigenvalue weighted by Gasteiger charge is 2.16. The molecule has 0 spiro atoms. The highest BCUT2D eigenvalue weighted by atomic mass is 16.2. The number of amides is 1. The van der Waals surface area contributed by atoms with Gasteiger partial charge in [-0.15, -0.1) is 0 Å². The average molecular weight is 262 g/mol. The first-order valence-corrected chi connectivity index (χ1v) is 6.93. The molecule has 0 radical (unpaired) electrons. The van der Waals surface area contributed by atoms with Crippen molar-refractivity contribution in [3.63, 3.8) is 0 Å². The van der Waals surface area contributed by atoms with Crippen molar-refractivity contribution >= 4 is 5.91 Å². The molecule has 0 aliphatic rings. The van der Waals surface area contributed by atoms with Crippen LogP contribution < -0.4 is 11.1 Å². The van der Waals surface area contributed by atoms with Crippen molar-refractivity contribution in [1.29, 1.82) is 0 Å². The summed E-state index contributed by atoms with van der Waals surface area (Å²) in [6, 6.07) is 3.95. The van der Waals surface area contributed by atoms with Gasteiger partial charge < -0.3 is 11.1 Å². The number of rotatable bonds is 5. The summed E-state index contributed by atoms with van der Waals surface area (Å²) in [7, 11) is 0. The van der Waals surface area contributed by atoms with E-state index in [1.807, 2.05) is 13.8 Å². The Kier molecular flexibility index (Phi) is 5.55. The summed E-state index contributed by atoms with van der Waals surface area (Å²) in [6.07, 6.45) is 0.856. The number of carbonyl (C=O) groups excluding carboxylic acids is 1. The van der Waals surface area contributed by atoms with Crippen LogP contribution in [0, 0.1) is 26.7 Å². The first-order valence-electron chi connectivity index (χ1n) is 6.93. The molecule has 1 aromatic carbocycles. The Balaban J connectivity index is 2.57. The van der Waals surface area contributed by atoms with Gasteiger partial charge in [0, 0.05) is 6.54 Å². The summed E-state index contributed by atoms with van der Waals surface area (Å²) < 4.78 is 0. The lowest BCUT2D eigenvalue weighted by Gasteiger charge is -2.16. The fourth-order valence-corrected chi connectivity index (χ4v) is 2.34. The maximum absolute atomic E-state index is 11.8. The lowest BCUT2D eigenvalue weighted by Crippen LogP contribution is -2.44. The number of carbonyl (C=O) groups is 1. The van der Waals surface area contributed by atoms with Crippen molar-refractivity contribution in [2.75, 3.05) is 6.54 Å². The van der Waals surface area contributed by atoms with Crippen molar-refractivity contribution < 1.29 is 4.79 Å². The van der Waals surface area contributed by atoms with Crippen LogP contribution in [0.4, 0.5) is 0 Å². The van der Waals surface area contributed by atoms with E-state index in [0.29, 0.717) is 6.54 Å². The summed E-state index contributed by atoms with van der Waals surface area (Å²) in [5.74, 6) is 0.111. The van der Waals surface area contributed by atoms with E-state index in [1.54, 1.807) is 0 Å². The third-order valence-corrected chi connectivity index (χ3v) is 3.54. The predicted molar refractivity (Wildman–Crippen MR) is 80.2 cm³/mol. The molecule has 106 valence electrons. The predicted octanol–water partition coefficient (Wildman–Crippen LogP) is 2.25. The fourth-order valence-electron chi connectivity index (χ4n) is 2.34. The Hall–Kier alpha value is -1.35. The Labute approximate surface area is 116 Å². The summed E-state index contributed by atoms with van der Waals surface area (Å²) in [5, 5.41) is 2.92. The van der Waals surface area contributed by atoms with Gasteiger partial charge in [0.2, 0.25) is 5.91 Å². The van der Waals surface area contributed by atoms with Crippen LogP contribution in [0.2, 0.25) is 0 Å². The lowest BCUT2D eigenvalue weighted by atomic mass is 9.97. The van der Waals surface area contributed by atoms with Crippen LogP contribution in [-0.2, 0) is 11.2 Å². The maximum atomic E-state index is 11.8. The molecule has 1 aromatic rings. The molecule has 3 heteroatoms. The molecule has 1 rings (SSSR count). The number of benzene rings is 1. The molecule has 0 aromatic heterocycles. The van der Waals surface area contributed by atoms with Gasteiger partial charge in [-0.1, -0.05) is 31.5 Å². The van der Waals surface area contributed by atoms with Gasteiger partial charge in [-0.25, -0.2) is 0 Å². The highest BCUT2D eigenvalue weighted by molar-refractivity contribution is 5.81. The largest absolute Gasteiger partial charge is 0.354 e. The standard InChI is InChI=1S/C16H26N2O/c1-10(2)15(17)16(19)18-7-6-14-12(4)8-11(3)9-13(14)5/h8-10,15H,6-7,17H2,1-5H3,(H,18,19). The Morgan fingerprint density at radius 1 is 1.21 bits per heavy atom. The van der Waals surface area contributed by atoms with Gasteiger partial charge in [-0.2, -0.15) is 0 Å². The molecule has 1 unspecified atom stereocenters. The number of aryl methyl sites for hydroxylation is 3. The quantitative estimate of drug-likeness (QED) is 0.855. The number of hydrogen-bond donors (Lipinski definition) is 2. The molecule has 0 aliphatic heterocycles. The van der Waals surface area contributed by atoms with Crippen LogP contribution in [0.25, 0.3) is 0 Å². The Morgan fingerprint density at radius 3 is 2.21 bits per heavy atom. The van der Waals surface area contributed by atoms with Crippen molar-refractivity contribution in [2.24, 2.45) is 11.7 Å². The smallest absolute Gasteiger partial charge is 0.237 e. The minimum Gasteiger partial charge on any atom is -0.354 e. The van der Waals surface area contributed by atoms with Crippen molar-refractivity contribution in [2.45, 2.75) is 47.1 Å². The van der Waals surface area contributed by atoms with Crippen LogP contribution in [0.5, 0.6) is 0 Å². The van der Waals surface area contributed by atoms with Gasteiger partial charge >= 0.3 is 0 Å². The van der Waals surface area contributed by atoms with Gasteiger partial charge in [0.15, 0.2) is 0 Å². The molecule has 0 bridgehead atoms. The van der Waals surface area contributed by atoms with E-state index in [1.165, 1.54) is 22.3 Å². The number of hydrogen-bond acceptors (Lipinski definition) is 2. The first kappa shape index (κ1) is 15.7. The van der Waals surface area contributed by atoms with E-state index < -0.39 is 6.04 Å². The molecule has 19 heavy (non-hydrogen) atoms. The SMILES string of the molecule is Cc1cc(C)c(CCNC(=O)C(N)C(C)C)c(C)c1. The molecule has 1 amide bonds. The van der Waals surface area contributed by atoms with E-state index in [-0.39, 0.29) is 11.8 Å². The number of nitrogens with one attached hydrogen (secondary N) is 1. The second kappa shape index (κ2) is 6.71. The second-order valence-electron chi connectivity index (χ2n) is 5.69. The molecule has 3 nitrogen and oxygen atoms in total. The van der Waals surface area contributed by atoms with E-state index in [2.05, 4.69) is 38.2 Å². The zero-order valence-corrected chi connectivity index (χ0v) is 12.7. The molecule has 0 aliphatic carbocycles. The second-order valence-corrected chi connectivity index (χ2v) is 5.69. The molecule has 0 heterocycles. The lowest BCUT2D eigenvalue weighted by molar-refractivity contribution is -0.123. The van der Waals surface area contributed by atoms with Gasteiger partial charge in [-0.05, 0) is 49.8 Å². The molecular weight excluding hydrogens is 236 g/mol. The summed E-state index contributed by atoms with van der Waals surface area (Å²) in [4.78, 5) is 11.8. The molecule has 3 N–H and O–H groups in total. The van der Waals surface area contributed by atoms with Crippen molar-refractivity contribution in [3.8, 4) is 0 Å². The molecule has 1 atom stereocenters. The van der Waals surface area contributed by atoms with Gasteiger partial charge in [0.05, 0.1) is 6.04 Å². The first-order chi connectivity index (χ1) is 8.82. The minimum atomic E-state index is -0.416. The zero-order valence-electron chi connectivity index (χ0n) is 12.7. The monoisotopic (exact) mass is 262 g/mol. The van der Waals surface area contributed by atoms with Crippen molar-refractivity contribution in [1.82, 2.24) is 5.32 Å². The van der Waals surface area contributed by atoms with Crippen LogP contribution >= 0.6 is 0 Å². The number of nitrogens with two attached hydrogens (primary N) is 1. The van der Waals surface area contributed by atoms with Crippen LogP contribution in [-0.4, -0.2) is 18.5 Å². The fraction of sp³-hybridized carbons (Fsp3) is 0.562. The van der Waals surface area contributed by atoms with E-state index in [4.69, 9.17) is 5.73 Å². The van der Waals surface area contributed by atoms with Crippen LogP contribution in [0.15, 0.2) is 12.1 Å². The van der Waals surface area contributed by atoms with E-state index in [9.17, 15) is 4.79 Å². The van der Waals surface area contributed by atoms with Gasteiger partial charge in [-0.3, -0.25) is 4.79 Å². The van der Waals surface area contributed by atoms with E-state index >= 15 is 0 Å². The summed E-state index contributed by atoms with van der Waals surface area (Å²) in [6.45, 7) is 10.9. The topological polar surface area (TPSA) is 55.1 Å².